The average molecular weight is 298 g/mol. The van der Waals surface area contributed by atoms with Crippen LogP contribution in [-0.2, 0) is 4.74 Å². The zero-order chi connectivity index (χ0) is 14.1. The molecule has 1 N–H and O–H groups in total. The molecule has 2 saturated heterocycles. The molecule has 3 heteroatoms. The largest absolute Gasteiger partial charge is 0.392 e. The Balaban J connectivity index is 1.66. The molecule has 0 bridgehead atoms. The highest BCUT2D eigenvalue weighted by atomic mass is 32.2. The van der Waals surface area contributed by atoms with Crippen LogP contribution in [0.15, 0.2) is 0 Å². The van der Waals surface area contributed by atoms with Gasteiger partial charge in [0.1, 0.15) is 0 Å². The van der Waals surface area contributed by atoms with Crippen molar-refractivity contribution in [2.24, 2.45) is 11.3 Å². The van der Waals surface area contributed by atoms with Crippen LogP contribution in [0.25, 0.3) is 0 Å². The Bertz CT molecular complexity index is 300. The maximum atomic E-state index is 11.0. The highest BCUT2D eigenvalue weighted by molar-refractivity contribution is 7.99. The molecule has 1 saturated carbocycles. The van der Waals surface area contributed by atoms with Crippen molar-refractivity contribution in [3.63, 3.8) is 0 Å². The van der Waals surface area contributed by atoms with Crippen molar-refractivity contribution in [1.82, 2.24) is 0 Å². The van der Waals surface area contributed by atoms with E-state index in [4.69, 9.17) is 4.74 Å². The van der Waals surface area contributed by atoms with Crippen LogP contribution >= 0.6 is 11.8 Å². The molecule has 0 aromatic heterocycles. The number of rotatable bonds is 2. The Morgan fingerprint density at radius 1 is 1.10 bits per heavy atom. The third-order valence-corrected chi connectivity index (χ3v) is 7.08. The van der Waals surface area contributed by atoms with Crippen LogP contribution in [0.4, 0.5) is 0 Å². The zero-order valence-corrected chi connectivity index (χ0v) is 13.7. The van der Waals surface area contributed by atoms with Crippen LogP contribution < -0.4 is 0 Å². The molecule has 0 aromatic carbocycles. The maximum absolute atomic E-state index is 11.0. The first-order valence-corrected chi connectivity index (χ1v) is 9.69. The van der Waals surface area contributed by atoms with Gasteiger partial charge in [0.2, 0.25) is 0 Å². The molecule has 2 nitrogen and oxygen atoms in total. The minimum absolute atomic E-state index is 0.111. The van der Waals surface area contributed by atoms with Gasteiger partial charge in [0.15, 0.2) is 0 Å². The molecule has 0 aromatic rings. The minimum atomic E-state index is -0.113. The molecular weight excluding hydrogens is 268 g/mol. The standard InChI is InChI=1S/C17H30O2S/c1-16(6-3-2-4-7-16)15(18)14-5-10-19-17(13-14)8-11-20-12-9-17/h14-15,18H,2-13H2,1H3. The second-order valence-electron chi connectivity index (χ2n) is 7.56. The highest BCUT2D eigenvalue weighted by Gasteiger charge is 2.45. The third kappa shape index (κ3) is 3.05. The molecule has 1 aliphatic carbocycles. The number of hydrogen-bond donors (Lipinski definition) is 1. The van der Waals surface area contributed by atoms with E-state index < -0.39 is 0 Å². The van der Waals surface area contributed by atoms with E-state index in [9.17, 15) is 5.11 Å². The van der Waals surface area contributed by atoms with Gasteiger partial charge < -0.3 is 9.84 Å². The number of aliphatic hydroxyl groups is 1. The number of thioether (sulfide) groups is 1. The van der Waals surface area contributed by atoms with Gasteiger partial charge >= 0.3 is 0 Å². The molecule has 2 heterocycles. The van der Waals surface area contributed by atoms with Gasteiger partial charge in [-0.2, -0.15) is 11.8 Å². The lowest BCUT2D eigenvalue weighted by molar-refractivity contribution is -0.140. The second kappa shape index (κ2) is 6.18. The molecule has 20 heavy (non-hydrogen) atoms. The molecule has 2 unspecified atom stereocenters. The quantitative estimate of drug-likeness (QED) is 0.835. The van der Waals surface area contributed by atoms with Gasteiger partial charge in [-0.15, -0.1) is 0 Å². The third-order valence-electron chi connectivity index (χ3n) is 6.09. The lowest BCUT2D eigenvalue weighted by Crippen LogP contribution is -2.49. The summed E-state index contributed by atoms with van der Waals surface area (Å²) < 4.78 is 6.18. The molecular formula is C17H30O2S. The number of aliphatic hydroxyl groups excluding tert-OH is 1. The van der Waals surface area contributed by atoms with Crippen molar-refractivity contribution in [2.45, 2.75) is 76.4 Å². The van der Waals surface area contributed by atoms with Crippen LogP contribution in [0.1, 0.15) is 64.7 Å². The Morgan fingerprint density at radius 3 is 2.50 bits per heavy atom. The first-order chi connectivity index (χ1) is 9.64. The van der Waals surface area contributed by atoms with E-state index in [0.717, 1.165) is 19.4 Å². The molecule has 1 spiro atoms. The van der Waals surface area contributed by atoms with E-state index in [1.165, 1.54) is 56.5 Å². The molecule has 116 valence electrons. The SMILES string of the molecule is CC1(C(O)C2CCOC3(CCSCC3)C2)CCCCC1. The molecule has 2 aliphatic heterocycles. The van der Waals surface area contributed by atoms with Gasteiger partial charge in [0, 0.05) is 6.61 Å². The monoisotopic (exact) mass is 298 g/mol. The van der Waals surface area contributed by atoms with E-state index in [0.29, 0.717) is 5.92 Å². The number of ether oxygens (including phenoxy) is 1. The fraction of sp³-hybridized carbons (Fsp3) is 1.00. The summed E-state index contributed by atoms with van der Waals surface area (Å²) in [5.41, 5.74) is 0.283. The Labute approximate surface area is 128 Å². The van der Waals surface area contributed by atoms with E-state index in [1.54, 1.807) is 0 Å². The molecule has 2 atom stereocenters. The van der Waals surface area contributed by atoms with Crippen molar-refractivity contribution in [2.75, 3.05) is 18.1 Å². The average Bonchev–Trinajstić information content (AvgIpc) is 2.48. The summed E-state index contributed by atoms with van der Waals surface area (Å²) in [6, 6.07) is 0. The van der Waals surface area contributed by atoms with Crippen LogP contribution in [0.5, 0.6) is 0 Å². The summed E-state index contributed by atoms with van der Waals surface area (Å²) in [7, 11) is 0. The van der Waals surface area contributed by atoms with E-state index in [2.05, 4.69) is 18.7 Å². The molecule has 0 amide bonds. The van der Waals surface area contributed by atoms with Gasteiger partial charge in [-0.25, -0.2) is 0 Å². The smallest absolute Gasteiger partial charge is 0.0701 e. The van der Waals surface area contributed by atoms with Crippen molar-refractivity contribution in [3.8, 4) is 0 Å². The molecule has 3 rings (SSSR count). The van der Waals surface area contributed by atoms with Gasteiger partial charge in [-0.05, 0) is 61.4 Å². The fourth-order valence-corrected chi connectivity index (χ4v) is 5.89. The first kappa shape index (κ1) is 15.2. The topological polar surface area (TPSA) is 29.5 Å². The van der Waals surface area contributed by atoms with Crippen molar-refractivity contribution >= 4 is 11.8 Å². The van der Waals surface area contributed by atoms with Crippen LogP contribution in [0.3, 0.4) is 0 Å². The van der Waals surface area contributed by atoms with Crippen molar-refractivity contribution in [1.29, 1.82) is 0 Å². The van der Waals surface area contributed by atoms with Crippen LogP contribution in [-0.4, -0.2) is 34.9 Å². The predicted molar refractivity (Wildman–Crippen MR) is 85.2 cm³/mol. The van der Waals surface area contributed by atoms with Crippen LogP contribution in [0, 0.1) is 11.3 Å². The highest BCUT2D eigenvalue weighted by Crippen LogP contribution is 2.47. The van der Waals surface area contributed by atoms with Gasteiger partial charge in [-0.1, -0.05) is 26.2 Å². The Hall–Kier alpha value is 0.270. The summed E-state index contributed by atoms with van der Waals surface area (Å²) in [4.78, 5) is 0. The molecule has 3 aliphatic rings. The normalized spacial score (nSPS) is 34.8. The van der Waals surface area contributed by atoms with Crippen LogP contribution in [0.2, 0.25) is 0 Å². The second-order valence-corrected chi connectivity index (χ2v) is 8.78. The fourth-order valence-electron chi connectivity index (χ4n) is 4.65. The van der Waals surface area contributed by atoms with Gasteiger partial charge in [0.25, 0.3) is 0 Å². The molecule has 3 fully saturated rings. The summed E-state index contributed by atoms with van der Waals surface area (Å²) >= 11 is 2.06. The van der Waals surface area contributed by atoms with E-state index in [1.807, 2.05) is 0 Å². The molecule has 0 radical (unpaired) electrons. The van der Waals surface area contributed by atoms with E-state index in [-0.39, 0.29) is 17.1 Å². The van der Waals surface area contributed by atoms with Crippen molar-refractivity contribution in [3.05, 3.63) is 0 Å². The van der Waals surface area contributed by atoms with Gasteiger partial charge in [0.05, 0.1) is 11.7 Å². The summed E-state index contributed by atoms with van der Waals surface area (Å²) in [5, 5.41) is 11.0. The lowest BCUT2D eigenvalue weighted by Gasteiger charge is -2.48. The summed E-state index contributed by atoms with van der Waals surface area (Å²) in [5.74, 6) is 2.94. The minimum Gasteiger partial charge on any atom is -0.392 e. The lowest BCUT2D eigenvalue weighted by atomic mass is 9.65. The number of hydrogen-bond acceptors (Lipinski definition) is 3. The maximum Gasteiger partial charge on any atom is 0.0701 e. The predicted octanol–water partition coefficient (Wildman–Crippen LogP) is 4.01. The zero-order valence-electron chi connectivity index (χ0n) is 12.9. The van der Waals surface area contributed by atoms with E-state index >= 15 is 0 Å². The summed E-state index contributed by atoms with van der Waals surface area (Å²) in [6.45, 7) is 3.19. The Kier molecular flexibility index (Phi) is 4.69. The summed E-state index contributed by atoms with van der Waals surface area (Å²) in [6.07, 6.45) is 10.8. The Morgan fingerprint density at radius 2 is 1.80 bits per heavy atom. The van der Waals surface area contributed by atoms with Gasteiger partial charge in [-0.3, -0.25) is 0 Å². The van der Waals surface area contributed by atoms with Crippen molar-refractivity contribution < 1.29 is 9.84 Å². The first-order valence-electron chi connectivity index (χ1n) is 8.53.